The molecule has 0 radical (unpaired) electrons. The summed E-state index contributed by atoms with van der Waals surface area (Å²) in [4.78, 5) is 53.6. The molecule has 1 unspecified atom stereocenters. The second-order valence-corrected chi connectivity index (χ2v) is 11.2. The number of amides is 2. The fraction of sp³-hybridized carbons (Fsp3) is 0.615. The molecular weight excluding hydrogens is 528 g/mol. The number of aromatic nitrogens is 2. The summed E-state index contributed by atoms with van der Waals surface area (Å²) in [5.74, 6) is -0.555. The van der Waals surface area contributed by atoms with E-state index in [2.05, 4.69) is 5.43 Å². The number of ether oxygens (including phenoxy) is 4. The van der Waals surface area contributed by atoms with Gasteiger partial charge in [0.05, 0.1) is 50.6 Å². The van der Waals surface area contributed by atoms with E-state index in [4.69, 9.17) is 18.9 Å². The van der Waals surface area contributed by atoms with E-state index in [-0.39, 0.29) is 25.8 Å². The number of hydrazine groups is 1. The lowest BCUT2D eigenvalue weighted by Gasteiger charge is -2.25. The van der Waals surface area contributed by atoms with Crippen LogP contribution in [0.25, 0.3) is 10.2 Å². The van der Waals surface area contributed by atoms with Crippen molar-refractivity contribution in [3.05, 3.63) is 43.6 Å². The maximum absolute atomic E-state index is 13.5. The van der Waals surface area contributed by atoms with Crippen molar-refractivity contribution in [2.45, 2.75) is 78.8 Å². The molecule has 2 aromatic heterocycles. The number of methoxy groups -OCH3 is 1. The monoisotopic (exact) mass is 566 g/mol. The van der Waals surface area contributed by atoms with Gasteiger partial charge in [0, 0.05) is 24.7 Å². The van der Waals surface area contributed by atoms with Gasteiger partial charge in [-0.3, -0.25) is 18.7 Å². The zero-order valence-electron chi connectivity index (χ0n) is 23.4. The first-order valence-corrected chi connectivity index (χ1v) is 13.7. The van der Waals surface area contributed by atoms with E-state index in [0.717, 1.165) is 17.9 Å². The van der Waals surface area contributed by atoms with Crippen molar-refractivity contribution in [1.29, 1.82) is 0 Å². The van der Waals surface area contributed by atoms with E-state index < -0.39 is 28.9 Å². The van der Waals surface area contributed by atoms with Crippen molar-refractivity contribution in [2.75, 3.05) is 26.9 Å². The first-order valence-electron chi connectivity index (χ1n) is 12.9. The lowest BCUT2D eigenvalue weighted by Crippen LogP contribution is -2.47. The highest BCUT2D eigenvalue weighted by Gasteiger charge is 2.26. The van der Waals surface area contributed by atoms with Crippen molar-refractivity contribution in [3.8, 4) is 0 Å². The number of carbonyl (C=O) groups is 2. The Morgan fingerprint density at radius 1 is 1.26 bits per heavy atom. The quantitative estimate of drug-likeness (QED) is 0.264. The zero-order chi connectivity index (χ0) is 28.7. The van der Waals surface area contributed by atoms with E-state index in [1.165, 1.54) is 35.4 Å². The molecule has 0 saturated carbocycles. The van der Waals surface area contributed by atoms with Crippen LogP contribution in [0.2, 0.25) is 0 Å². The minimum atomic E-state index is -0.809. The summed E-state index contributed by atoms with van der Waals surface area (Å²) < 4.78 is 24.1. The molecular formula is C26H38N4O8S. The number of thiophene rings is 1. The smallest absolute Gasteiger partial charge is 0.426 e. The van der Waals surface area contributed by atoms with Crippen LogP contribution in [-0.2, 0) is 43.4 Å². The van der Waals surface area contributed by atoms with Crippen LogP contribution < -0.4 is 16.7 Å². The molecule has 2 amide bonds. The molecule has 1 saturated heterocycles. The highest BCUT2D eigenvalue weighted by Crippen LogP contribution is 2.30. The van der Waals surface area contributed by atoms with Gasteiger partial charge in [0.25, 0.3) is 11.5 Å². The number of nitrogens with zero attached hydrogens (tertiary/aromatic N) is 3. The van der Waals surface area contributed by atoms with E-state index in [9.17, 15) is 19.2 Å². The van der Waals surface area contributed by atoms with Gasteiger partial charge in [-0.15, -0.1) is 11.3 Å². The SMILES string of the molecule is CCO/C=C/C(=O)N(Cc1sc2c(c1C)c(=O)n(CCOC)c(=O)n2CC1CCCO1)NC(=O)OC(C)(C)C. The summed E-state index contributed by atoms with van der Waals surface area (Å²) in [6, 6.07) is 0. The van der Waals surface area contributed by atoms with E-state index >= 15 is 0 Å². The molecule has 39 heavy (non-hydrogen) atoms. The molecule has 0 spiro atoms. The molecule has 13 heteroatoms. The van der Waals surface area contributed by atoms with Crippen LogP contribution in [0.5, 0.6) is 0 Å². The largest absolute Gasteiger partial charge is 0.501 e. The van der Waals surface area contributed by atoms with E-state index in [1.807, 2.05) is 0 Å². The lowest BCUT2D eigenvalue weighted by molar-refractivity contribution is -0.129. The van der Waals surface area contributed by atoms with Crippen molar-refractivity contribution in [1.82, 2.24) is 19.6 Å². The predicted octanol–water partition coefficient (Wildman–Crippen LogP) is 2.68. The molecule has 216 valence electrons. The van der Waals surface area contributed by atoms with Crippen LogP contribution in [-0.4, -0.2) is 64.8 Å². The standard InChI is InChI=1S/C26H38N4O8S/c1-7-36-13-10-20(31)30(27-24(33)38-26(3,4)5)16-19-17(2)21-22(32)28(11-14-35-6)25(34)29(23(21)39-19)15-18-9-8-12-37-18/h10,13,18H,7-9,11-12,14-16H2,1-6H3,(H,27,33)/b13-10+. The molecule has 1 fully saturated rings. The lowest BCUT2D eigenvalue weighted by atomic mass is 10.2. The Kier molecular flexibility index (Phi) is 10.3. The third kappa shape index (κ3) is 7.70. The number of aryl methyl sites for hydroxylation is 1. The Balaban J connectivity index is 2.07. The molecule has 3 heterocycles. The molecule has 1 N–H and O–H groups in total. The van der Waals surface area contributed by atoms with Crippen LogP contribution >= 0.6 is 11.3 Å². The van der Waals surface area contributed by atoms with Crippen molar-refractivity contribution in [3.63, 3.8) is 0 Å². The predicted molar refractivity (Wildman–Crippen MR) is 147 cm³/mol. The maximum Gasteiger partial charge on any atom is 0.426 e. The van der Waals surface area contributed by atoms with Crippen molar-refractivity contribution < 1.29 is 28.5 Å². The van der Waals surface area contributed by atoms with Gasteiger partial charge in [-0.2, -0.15) is 0 Å². The number of hydrogen-bond donors (Lipinski definition) is 1. The Labute approximate surface area is 231 Å². The van der Waals surface area contributed by atoms with Gasteiger partial charge < -0.3 is 18.9 Å². The highest BCUT2D eigenvalue weighted by molar-refractivity contribution is 7.18. The zero-order valence-corrected chi connectivity index (χ0v) is 24.2. The first-order chi connectivity index (χ1) is 18.5. The van der Waals surface area contributed by atoms with Crippen molar-refractivity contribution >= 4 is 33.6 Å². The average Bonchev–Trinajstić information content (AvgIpc) is 3.48. The number of hydrogen-bond acceptors (Lipinski definition) is 9. The van der Waals surface area contributed by atoms with Gasteiger partial charge in [0.15, 0.2) is 0 Å². The molecule has 2 aromatic rings. The van der Waals surface area contributed by atoms with Crippen LogP contribution in [0.4, 0.5) is 4.79 Å². The van der Waals surface area contributed by atoms with Gasteiger partial charge in [0.2, 0.25) is 0 Å². The fourth-order valence-electron chi connectivity index (χ4n) is 4.14. The van der Waals surface area contributed by atoms with Crippen LogP contribution in [0, 0.1) is 6.92 Å². The van der Waals surface area contributed by atoms with Crippen molar-refractivity contribution in [2.24, 2.45) is 0 Å². The fourth-order valence-corrected chi connectivity index (χ4v) is 5.43. The summed E-state index contributed by atoms with van der Waals surface area (Å²) in [5.41, 5.74) is 1.47. The van der Waals surface area contributed by atoms with Gasteiger partial charge >= 0.3 is 11.8 Å². The molecule has 12 nitrogen and oxygen atoms in total. The van der Waals surface area contributed by atoms with Gasteiger partial charge in [-0.05, 0) is 53.0 Å². The molecule has 0 aromatic carbocycles. The summed E-state index contributed by atoms with van der Waals surface area (Å²) >= 11 is 1.23. The Morgan fingerprint density at radius 2 is 2.00 bits per heavy atom. The van der Waals surface area contributed by atoms with Gasteiger partial charge in [-0.1, -0.05) is 0 Å². The van der Waals surface area contributed by atoms with E-state index in [1.54, 1.807) is 39.2 Å². The number of nitrogens with one attached hydrogen (secondary N) is 1. The maximum atomic E-state index is 13.5. The normalized spacial score (nSPS) is 15.7. The van der Waals surface area contributed by atoms with Crippen LogP contribution in [0.1, 0.15) is 51.0 Å². The number of carbonyl (C=O) groups excluding carboxylic acids is 2. The molecule has 1 aliphatic heterocycles. The molecule has 1 atom stereocenters. The van der Waals surface area contributed by atoms with Gasteiger partial charge in [0.1, 0.15) is 10.4 Å². The Bertz CT molecular complexity index is 1310. The Morgan fingerprint density at radius 3 is 2.62 bits per heavy atom. The average molecular weight is 567 g/mol. The second-order valence-electron chi connectivity index (χ2n) is 10.1. The minimum absolute atomic E-state index is 0.0641. The summed E-state index contributed by atoms with van der Waals surface area (Å²) in [7, 11) is 1.51. The molecule has 0 bridgehead atoms. The number of rotatable bonds is 10. The van der Waals surface area contributed by atoms with Gasteiger partial charge in [-0.25, -0.2) is 20.0 Å². The first kappa shape index (κ1) is 30.4. The van der Waals surface area contributed by atoms with Crippen LogP contribution in [0.3, 0.4) is 0 Å². The highest BCUT2D eigenvalue weighted by atomic mass is 32.1. The third-order valence-corrected chi connectivity index (χ3v) is 7.29. The summed E-state index contributed by atoms with van der Waals surface area (Å²) in [5, 5.41) is 1.48. The number of fused-ring (bicyclic) bond motifs is 1. The summed E-state index contributed by atoms with van der Waals surface area (Å²) in [6.45, 7) is 10.2. The van der Waals surface area contributed by atoms with E-state index in [0.29, 0.717) is 40.4 Å². The topological polar surface area (TPSA) is 130 Å². The second kappa shape index (κ2) is 13.3. The minimum Gasteiger partial charge on any atom is -0.501 e. The molecule has 1 aliphatic rings. The molecule has 3 rings (SSSR count). The van der Waals surface area contributed by atoms with Crippen LogP contribution in [0.15, 0.2) is 21.9 Å². The Hall–Kier alpha value is -3.16. The molecule has 0 aliphatic carbocycles. The third-order valence-electron chi connectivity index (χ3n) is 5.99. The summed E-state index contributed by atoms with van der Waals surface area (Å²) in [6.07, 6.45) is 3.21.